The van der Waals surface area contributed by atoms with Gasteiger partial charge in [0, 0.05) is 0 Å². The van der Waals surface area contributed by atoms with E-state index in [2.05, 4.69) is 55.6 Å². The number of allylic oxidation sites excluding steroid dienone is 7. The van der Waals surface area contributed by atoms with Gasteiger partial charge in [0.1, 0.15) is 30.5 Å². The molecule has 0 aromatic heterocycles. The lowest BCUT2D eigenvalue weighted by Gasteiger charge is -2.40. The topological polar surface area (TPSA) is 169 Å². The minimum Gasteiger partial charge on any atom is -0.394 e. The Morgan fingerprint density at radius 3 is 1.37 bits per heavy atom. The van der Waals surface area contributed by atoms with E-state index in [0.717, 1.165) is 38.5 Å². The van der Waals surface area contributed by atoms with Gasteiger partial charge in [-0.05, 0) is 64.2 Å². The predicted octanol–water partition coefficient (Wildman–Crippen LogP) is 12.7. The summed E-state index contributed by atoms with van der Waals surface area (Å²) in [6.07, 6.45) is 52.4. The number of ether oxygens (including phenoxy) is 2. The SMILES string of the molecule is CCCCCCC/C=C/CC/C=C/C(O)C(COC1OC(CO)C(O)C(O)C1O)NC(=O)C(O)CCCCCCCCCCCCCCCCCC/C=C\C/C=C\CCCCCCCCCCC. The zero-order valence-corrected chi connectivity index (χ0v) is 43.7. The van der Waals surface area contributed by atoms with Crippen molar-refractivity contribution < 1.29 is 44.9 Å². The molecule has 1 aliphatic heterocycles. The number of carbonyl (C=O) groups is 1. The van der Waals surface area contributed by atoms with Gasteiger partial charge in [0.05, 0.1) is 25.4 Å². The standard InChI is InChI=1S/C58H107NO9/c1-3-5-7-9-11-13-15-16-17-18-19-20-21-22-23-24-25-26-27-28-29-30-31-32-33-34-35-37-39-41-43-45-47-52(62)57(66)59-50(49-67-58-56(65)55(64)54(63)53(48-60)68-58)51(61)46-44-42-40-38-36-14-12-10-8-6-4-2/h19-20,22-23,36,38,44,46,50-56,58,60-65H,3-18,21,24-35,37,39-43,45,47-49H2,1-2H3,(H,59,66)/b20-19-,23-22-,38-36+,46-44+. The first-order chi connectivity index (χ1) is 33.3. The number of nitrogens with one attached hydrogen (secondary N) is 1. The lowest BCUT2D eigenvalue weighted by atomic mass is 9.99. The van der Waals surface area contributed by atoms with Crippen molar-refractivity contribution in [2.45, 2.75) is 300 Å². The minimum atomic E-state index is -1.62. The number of aliphatic hydroxyl groups excluding tert-OH is 6. The highest BCUT2D eigenvalue weighted by atomic mass is 16.7. The zero-order chi connectivity index (χ0) is 49.6. The van der Waals surface area contributed by atoms with Gasteiger partial charge in [-0.1, -0.05) is 236 Å². The van der Waals surface area contributed by atoms with E-state index in [1.54, 1.807) is 6.08 Å². The molecule has 0 radical (unpaired) electrons. The molecule has 8 atom stereocenters. The predicted molar refractivity (Wildman–Crippen MR) is 282 cm³/mol. The van der Waals surface area contributed by atoms with Crippen molar-refractivity contribution in [1.29, 1.82) is 0 Å². The van der Waals surface area contributed by atoms with Crippen molar-refractivity contribution in [2.75, 3.05) is 13.2 Å². The van der Waals surface area contributed by atoms with Crippen LogP contribution < -0.4 is 5.32 Å². The van der Waals surface area contributed by atoms with Crippen LogP contribution in [-0.2, 0) is 14.3 Å². The molecule has 0 spiro atoms. The van der Waals surface area contributed by atoms with E-state index in [0.29, 0.717) is 19.3 Å². The first kappa shape index (κ1) is 64.1. The first-order valence-corrected chi connectivity index (χ1v) is 28.5. The Hall–Kier alpha value is -1.89. The van der Waals surface area contributed by atoms with E-state index in [-0.39, 0.29) is 6.61 Å². The third-order valence-corrected chi connectivity index (χ3v) is 13.5. The third-order valence-electron chi connectivity index (χ3n) is 13.5. The maximum atomic E-state index is 13.1. The Bertz CT molecular complexity index is 1220. The first-order valence-electron chi connectivity index (χ1n) is 28.5. The fourth-order valence-electron chi connectivity index (χ4n) is 8.86. The molecule has 0 aromatic carbocycles. The average Bonchev–Trinajstić information content (AvgIpc) is 3.34. The molecule has 68 heavy (non-hydrogen) atoms. The van der Waals surface area contributed by atoms with Crippen molar-refractivity contribution >= 4 is 5.91 Å². The molecular formula is C58H107NO9. The van der Waals surface area contributed by atoms with Crippen LogP contribution in [0, 0.1) is 0 Å². The lowest BCUT2D eigenvalue weighted by Crippen LogP contribution is -2.60. The minimum absolute atomic E-state index is 0.303. The van der Waals surface area contributed by atoms with Gasteiger partial charge < -0.3 is 45.4 Å². The smallest absolute Gasteiger partial charge is 0.249 e. The number of hydrogen-bond acceptors (Lipinski definition) is 9. The number of rotatable bonds is 48. The third kappa shape index (κ3) is 36.1. The number of amides is 1. The van der Waals surface area contributed by atoms with Crippen molar-refractivity contribution in [3.05, 3.63) is 48.6 Å². The molecule has 10 nitrogen and oxygen atoms in total. The van der Waals surface area contributed by atoms with Crippen LogP contribution in [0.3, 0.4) is 0 Å². The van der Waals surface area contributed by atoms with Crippen molar-refractivity contribution in [2.24, 2.45) is 0 Å². The Labute approximate surface area is 416 Å². The highest BCUT2D eigenvalue weighted by Gasteiger charge is 2.44. The van der Waals surface area contributed by atoms with Gasteiger partial charge >= 0.3 is 0 Å². The molecular weight excluding hydrogens is 855 g/mol. The van der Waals surface area contributed by atoms with Gasteiger partial charge in [-0.15, -0.1) is 0 Å². The molecule has 8 unspecified atom stereocenters. The Morgan fingerprint density at radius 1 is 0.515 bits per heavy atom. The molecule has 1 amide bonds. The fraction of sp³-hybridized carbons (Fsp3) is 0.845. The second-order valence-electron chi connectivity index (χ2n) is 19.9. The highest BCUT2D eigenvalue weighted by Crippen LogP contribution is 2.23. The number of unbranched alkanes of at least 4 members (excludes halogenated alkanes) is 31. The molecule has 10 heteroatoms. The van der Waals surface area contributed by atoms with Crippen LogP contribution >= 0.6 is 0 Å². The molecule has 0 bridgehead atoms. The molecule has 1 rings (SSSR count). The molecule has 1 aliphatic rings. The van der Waals surface area contributed by atoms with Crippen LogP contribution in [0.25, 0.3) is 0 Å². The number of aliphatic hydroxyl groups is 6. The maximum absolute atomic E-state index is 13.1. The van der Waals surface area contributed by atoms with Crippen molar-refractivity contribution in [1.82, 2.24) is 5.32 Å². The van der Waals surface area contributed by atoms with E-state index in [4.69, 9.17) is 9.47 Å². The summed E-state index contributed by atoms with van der Waals surface area (Å²) >= 11 is 0. The summed E-state index contributed by atoms with van der Waals surface area (Å²) in [4.78, 5) is 13.1. The molecule has 0 saturated carbocycles. The normalized spacial score (nSPS) is 20.4. The van der Waals surface area contributed by atoms with Gasteiger partial charge in [0.2, 0.25) is 5.91 Å². The molecule has 398 valence electrons. The van der Waals surface area contributed by atoms with E-state index < -0.39 is 61.5 Å². The van der Waals surface area contributed by atoms with E-state index >= 15 is 0 Å². The van der Waals surface area contributed by atoms with Crippen LogP contribution in [0.2, 0.25) is 0 Å². The van der Waals surface area contributed by atoms with Crippen molar-refractivity contribution in [3.8, 4) is 0 Å². The lowest BCUT2D eigenvalue weighted by molar-refractivity contribution is -0.302. The van der Waals surface area contributed by atoms with Gasteiger partial charge in [0.15, 0.2) is 6.29 Å². The second kappa shape index (κ2) is 47.4. The van der Waals surface area contributed by atoms with Gasteiger partial charge in [-0.25, -0.2) is 0 Å². The molecule has 0 aliphatic carbocycles. The summed E-state index contributed by atoms with van der Waals surface area (Å²) in [5, 5.41) is 64.8. The van der Waals surface area contributed by atoms with Crippen LogP contribution in [0.4, 0.5) is 0 Å². The second-order valence-corrected chi connectivity index (χ2v) is 19.9. The zero-order valence-electron chi connectivity index (χ0n) is 43.7. The van der Waals surface area contributed by atoms with Gasteiger partial charge in [-0.3, -0.25) is 4.79 Å². The average molecular weight is 962 g/mol. The molecule has 1 fully saturated rings. The highest BCUT2D eigenvalue weighted by molar-refractivity contribution is 5.80. The van der Waals surface area contributed by atoms with E-state index in [9.17, 15) is 35.4 Å². The molecule has 1 heterocycles. The summed E-state index contributed by atoms with van der Waals surface area (Å²) in [5.74, 6) is -0.627. The number of hydrogen-bond donors (Lipinski definition) is 7. The van der Waals surface area contributed by atoms with Crippen LogP contribution in [0.5, 0.6) is 0 Å². The largest absolute Gasteiger partial charge is 0.394 e. The van der Waals surface area contributed by atoms with Crippen LogP contribution in [-0.4, -0.2) is 98.7 Å². The molecule has 0 aromatic rings. The quantitative estimate of drug-likeness (QED) is 0.0232. The van der Waals surface area contributed by atoms with E-state index in [1.165, 1.54) is 180 Å². The Morgan fingerprint density at radius 2 is 0.912 bits per heavy atom. The van der Waals surface area contributed by atoms with Crippen molar-refractivity contribution in [3.63, 3.8) is 0 Å². The Kier molecular flexibility index (Phi) is 44.7. The Balaban J connectivity index is 2.15. The summed E-state index contributed by atoms with van der Waals surface area (Å²) in [6, 6.07) is -0.996. The van der Waals surface area contributed by atoms with E-state index in [1.807, 2.05) is 6.08 Å². The molecule has 1 saturated heterocycles. The summed E-state index contributed by atoms with van der Waals surface area (Å²) in [7, 11) is 0. The van der Waals surface area contributed by atoms with Gasteiger partial charge in [-0.2, -0.15) is 0 Å². The summed E-state index contributed by atoms with van der Waals surface area (Å²) < 4.78 is 11.1. The summed E-state index contributed by atoms with van der Waals surface area (Å²) in [6.45, 7) is 3.57. The van der Waals surface area contributed by atoms with Gasteiger partial charge in [0.25, 0.3) is 0 Å². The van der Waals surface area contributed by atoms with Crippen LogP contribution in [0.1, 0.15) is 251 Å². The monoisotopic (exact) mass is 962 g/mol. The fourth-order valence-corrected chi connectivity index (χ4v) is 8.86. The maximum Gasteiger partial charge on any atom is 0.249 e. The van der Waals surface area contributed by atoms with Crippen LogP contribution in [0.15, 0.2) is 48.6 Å². The molecule has 7 N–H and O–H groups in total. The summed E-state index contributed by atoms with van der Waals surface area (Å²) in [5.41, 5.74) is 0. The number of carbonyl (C=O) groups excluding carboxylic acids is 1.